The van der Waals surface area contributed by atoms with E-state index in [4.69, 9.17) is 25.9 Å². The Labute approximate surface area is 132 Å². The molecule has 8 heteroatoms. The molecule has 0 N–H and O–H groups in total. The second-order valence-electron chi connectivity index (χ2n) is 4.23. The maximum Gasteiger partial charge on any atom is 0.226 e. The molecule has 22 heavy (non-hydrogen) atoms. The fourth-order valence-electron chi connectivity index (χ4n) is 1.77. The van der Waals surface area contributed by atoms with Gasteiger partial charge in [-0.25, -0.2) is 9.97 Å². The Kier molecular flexibility index (Phi) is 5.48. The number of hydrogen-bond donors (Lipinski definition) is 0. The average molecular weight is 323 g/mol. The molecule has 0 atom stereocenters. The van der Waals surface area contributed by atoms with E-state index in [1.165, 1.54) is 26.8 Å². The van der Waals surface area contributed by atoms with Gasteiger partial charge in [-0.05, 0) is 19.1 Å². The minimum atomic E-state index is 0.100. The molecule has 0 saturated heterocycles. The molecule has 2 heterocycles. The number of oxime groups is 1. The highest BCUT2D eigenvalue weighted by atomic mass is 35.5. The lowest BCUT2D eigenvalue weighted by molar-refractivity contribution is 0.126. The van der Waals surface area contributed by atoms with Crippen molar-refractivity contribution >= 4 is 17.8 Å². The van der Waals surface area contributed by atoms with Crippen LogP contribution in [0.4, 0.5) is 0 Å². The summed E-state index contributed by atoms with van der Waals surface area (Å²) in [5.41, 5.74) is 1.97. The maximum atomic E-state index is 5.95. The summed E-state index contributed by atoms with van der Waals surface area (Å²) in [6.07, 6.45) is 2.82. The zero-order valence-electron chi connectivity index (χ0n) is 12.4. The van der Waals surface area contributed by atoms with Gasteiger partial charge in [-0.1, -0.05) is 16.8 Å². The Balaban J connectivity index is 2.06. The van der Waals surface area contributed by atoms with E-state index < -0.39 is 0 Å². The molecule has 0 spiro atoms. The van der Waals surface area contributed by atoms with E-state index in [9.17, 15) is 0 Å². The lowest BCUT2D eigenvalue weighted by Crippen LogP contribution is -2.02. The van der Waals surface area contributed by atoms with Gasteiger partial charge in [-0.15, -0.1) is 0 Å². The second-order valence-corrected chi connectivity index (χ2v) is 4.67. The van der Waals surface area contributed by atoms with Crippen LogP contribution in [-0.4, -0.2) is 35.4 Å². The molecule has 0 fully saturated rings. The smallest absolute Gasteiger partial charge is 0.226 e. The van der Waals surface area contributed by atoms with Crippen molar-refractivity contribution in [3.05, 3.63) is 40.4 Å². The molecule has 0 aliphatic heterocycles. The molecule has 0 radical (unpaired) electrons. The van der Waals surface area contributed by atoms with Gasteiger partial charge in [0.2, 0.25) is 11.8 Å². The molecular weight excluding hydrogens is 308 g/mol. The van der Waals surface area contributed by atoms with E-state index in [0.717, 1.165) is 5.69 Å². The van der Waals surface area contributed by atoms with Gasteiger partial charge in [0, 0.05) is 10.7 Å². The van der Waals surface area contributed by atoms with Gasteiger partial charge in [0.25, 0.3) is 0 Å². The predicted octanol–water partition coefficient (Wildman–Crippen LogP) is 2.40. The molecule has 0 amide bonds. The van der Waals surface area contributed by atoms with Crippen molar-refractivity contribution < 1.29 is 14.3 Å². The molecule has 0 aromatic carbocycles. The summed E-state index contributed by atoms with van der Waals surface area (Å²) in [5, 5.41) is 4.45. The van der Waals surface area contributed by atoms with Gasteiger partial charge >= 0.3 is 0 Å². The van der Waals surface area contributed by atoms with E-state index in [2.05, 4.69) is 20.1 Å². The molecule has 7 nitrogen and oxygen atoms in total. The van der Waals surface area contributed by atoms with Crippen LogP contribution >= 0.6 is 11.6 Å². The van der Waals surface area contributed by atoms with E-state index >= 15 is 0 Å². The number of hydrogen-bond acceptors (Lipinski definition) is 7. The number of pyridine rings is 1. The van der Waals surface area contributed by atoms with Gasteiger partial charge < -0.3 is 14.3 Å². The first-order chi connectivity index (χ1) is 10.6. The van der Waals surface area contributed by atoms with Crippen molar-refractivity contribution in [2.24, 2.45) is 5.16 Å². The molecule has 0 aliphatic carbocycles. The van der Waals surface area contributed by atoms with E-state index in [0.29, 0.717) is 28.0 Å². The van der Waals surface area contributed by atoms with Crippen LogP contribution in [0.25, 0.3) is 0 Å². The van der Waals surface area contributed by atoms with E-state index in [-0.39, 0.29) is 6.61 Å². The minimum absolute atomic E-state index is 0.100. The van der Waals surface area contributed by atoms with Crippen molar-refractivity contribution in [2.45, 2.75) is 13.5 Å². The Bertz CT molecular complexity index is 637. The first-order valence-electron chi connectivity index (χ1n) is 6.35. The van der Waals surface area contributed by atoms with Crippen molar-refractivity contribution in [3.8, 4) is 11.8 Å². The summed E-state index contributed by atoms with van der Waals surface area (Å²) in [6, 6.07) is 3.45. The monoisotopic (exact) mass is 322 g/mol. The van der Waals surface area contributed by atoms with Gasteiger partial charge in [0.15, 0.2) is 6.61 Å². The van der Waals surface area contributed by atoms with Gasteiger partial charge in [0.05, 0.1) is 26.1 Å². The van der Waals surface area contributed by atoms with Gasteiger partial charge in [0.1, 0.15) is 11.9 Å². The molecule has 2 rings (SSSR count). The summed E-state index contributed by atoms with van der Waals surface area (Å²) in [6.45, 7) is 1.95. The van der Waals surface area contributed by atoms with Gasteiger partial charge in [-0.3, -0.25) is 4.98 Å². The topological polar surface area (TPSA) is 78.7 Å². The van der Waals surface area contributed by atoms with Crippen LogP contribution in [0.2, 0.25) is 5.02 Å². The van der Waals surface area contributed by atoms with Crippen molar-refractivity contribution in [1.29, 1.82) is 0 Å². The van der Waals surface area contributed by atoms with Crippen LogP contribution in [-0.2, 0) is 11.4 Å². The molecule has 2 aromatic heterocycles. The number of nitrogens with zero attached hydrogens (tertiary/aromatic N) is 4. The third kappa shape index (κ3) is 4.05. The third-order valence-corrected chi connectivity index (χ3v) is 2.88. The first kappa shape index (κ1) is 16.0. The molecule has 0 unspecified atom stereocenters. The highest BCUT2D eigenvalue weighted by molar-refractivity contribution is 6.30. The van der Waals surface area contributed by atoms with Crippen LogP contribution in [0.1, 0.15) is 17.0 Å². The lowest BCUT2D eigenvalue weighted by Gasteiger charge is -2.09. The summed E-state index contributed by atoms with van der Waals surface area (Å²) >= 11 is 5.95. The lowest BCUT2D eigenvalue weighted by atomic mass is 10.3. The van der Waals surface area contributed by atoms with Crippen molar-refractivity contribution in [3.63, 3.8) is 0 Å². The maximum absolute atomic E-state index is 5.95. The SMILES string of the molecule is COc1ncnc(OC)c1CO/N=C/c1cc(Cl)cc(C)n1. The summed E-state index contributed by atoms with van der Waals surface area (Å²) in [5.74, 6) is 0.748. The predicted molar refractivity (Wildman–Crippen MR) is 81.5 cm³/mol. The fraction of sp³-hybridized carbons (Fsp3) is 0.286. The minimum Gasteiger partial charge on any atom is -0.481 e. The summed E-state index contributed by atoms with van der Waals surface area (Å²) in [4.78, 5) is 17.5. The van der Waals surface area contributed by atoms with E-state index in [1.54, 1.807) is 12.1 Å². The Morgan fingerprint density at radius 2 is 1.86 bits per heavy atom. The molecular formula is C14H15ClN4O3. The number of aryl methyl sites for hydroxylation is 1. The molecule has 116 valence electrons. The molecule has 0 aliphatic rings. The number of halogens is 1. The van der Waals surface area contributed by atoms with Crippen LogP contribution in [0, 0.1) is 6.92 Å². The summed E-state index contributed by atoms with van der Waals surface area (Å²) < 4.78 is 10.3. The molecule has 0 bridgehead atoms. The second kappa shape index (κ2) is 7.56. The molecule has 2 aromatic rings. The highest BCUT2D eigenvalue weighted by Gasteiger charge is 2.13. The number of rotatable bonds is 6. The Hall–Kier alpha value is -2.41. The Morgan fingerprint density at radius 1 is 1.18 bits per heavy atom. The Morgan fingerprint density at radius 3 is 2.45 bits per heavy atom. The number of methoxy groups -OCH3 is 2. The quantitative estimate of drug-likeness (QED) is 0.600. The fourth-order valence-corrected chi connectivity index (χ4v) is 2.04. The van der Waals surface area contributed by atoms with Crippen LogP contribution in [0.15, 0.2) is 23.6 Å². The van der Waals surface area contributed by atoms with Crippen molar-refractivity contribution in [1.82, 2.24) is 15.0 Å². The number of aromatic nitrogens is 3. The first-order valence-corrected chi connectivity index (χ1v) is 6.73. The van der Waals surface area contributed by atoms with Gasteiger partial charge in [-0.2, -0.15) is 0 Å². The normalized spacial score (nSPS) is 10.7. The van der Waals surface area contributed by atoms with Crippen LogP contribution in [0.3, 0.4) is 0 Å². The summed E-state index contributed by atoms with van der Waals surface area (Å²) in [7, 11) is 3.01. The molecule has 0 saturated carbocycles. The largest absolute Gasteiger partial charge is 0.481 e. The van der Waals surface area contributed by atoms with Crippen LogP contribution in [0.5, 0.6) is 11.8 Å². The van der Waals surface area contributed by atoms with E-state index in [1.807, 2.05) is 6.92 Å². The zero-order chi connectivity index (χ0) is 15.9. The average Bonchev–Trinajstić information content (AvgIpc) is 2.50. The standard InChI is InChI=1S/C14H15ClN4O3/c1-9-4-10(15)5-11(19-9)6-18-22-7-12-13(20-2)16-8-17-14(12)21-3/h4-6,8H,7H2,1-3H3/b18-6+. The number of ether oxygens (including phenoxy) is 2. The van der Waals surface area contributed by atoms with Crippen molar-refractivity contribution in [2.75, 3.05) is 14.2 Å². The third-order valence-electron chi connectivity index (χ3n) is 2.66. The zero-order valence-corrected chi connectivity index (χ0v) is 13.2. The van der Waals surface area contributed by atoms with Crippen LogP contribution < -0.4 is 9.47 Å². The highest BCUT2D eigenvalue weighted by Crippen LogP contribution is 2.24.